The molecule has 0 atom stereocenters. The van der Waals surface area contributed by atoms with Crippen molar-refractivity contribution in [3.05, 3.63) is 29.1 Å². The Balaban J connectivity index is 3.02. The lowest BCUT2D eigenvalue weighted by atomic mass is 10.3. The highest BCUT2D eigenvalue weighted by Crippen LogP contribution is 2.34. The van der Waals surface area contributed by atoms with E-state index in [1.54, 1.807) is 0 Å². The molecule has 106 valence electrons. The van der Waals surface area contributed by atoms with E-state index >= 15 is 0 Å². The first-order chi connectivity index (χ1) is 8.88. The van der Waals surface area contributed by atoms with Gasteiger partial charge in [-0.15, -0.1) is 6.58 Å². The lowest BCUT2D eigenvalue weighted by molar-refractivity contribution is -0.121. The van der Waals surface area contributed by atoms with Gasteiger partial charge in [0.1, 0.15) is 17.9 Å². The van der Waals surface area contributed by atoms with Crippen LogP contribution in [-0.2, 0) is 11.3 Å². The van der Waals surface area contributed by atoms with Gasteiger partial charge in [0.15, 0.2) is 0 Å². The molecule has 1 heterocycles. The lowest BCUT2D eigenvalue weighted by Gasteiger charge is -2.06. The maximum atomic E-state index is 12.7. The molecule has 1 amide bonds. The van der Waals surface area contributed by atoms with Gasteiger partial charge in [-0.05, 0) is 0 Å². The van der Waals surface area contributed by atoms with E-state index in [1.807, 2.05) is 0 Å². The molecule has 0 unspecified atom stereocenters. The first kappa shape index (κ1) is 15.5. The minimum Gasteiger partial charge on any atom is -0.351 e. The topological polar surface area (TPSA) is 46.9 Å². The Morgan fingerprint density at radius 2 is 2.05 bits per heavy atom. The zero-order valence-electron chi connectivity index (χ0n) is 9.55. The van der Waals surface area contributed by atoms with Crippen LogP contribution in [0.2, 0.25) is 5.02 Å². The maximum Gasteiger partial charge on any atom is 0.283 e. The van der Waals surface area contributed by atoms with Crippen LogP contribution in [0, 0.1) is 0 Å². The van der Waals surface area contributed by atoms with Crippen molar-refractivity contribution in [2.24, 2.45) is 0 Å². The lowest BCUT2D eigenvalue weighted by Crippen LogP contribution is -2.28. The molecule has 4 nitrogen and oxygen atoms in total. The molecule has 9 heteroatoms. The van der Waals surface area contributed by atoms with Gasteiger partial charge in [0.05, 0.1) is 5.02 Å². The number of hydrogen-bond donors (Lipinski definition) is 1. The second-order valence-corrected chi connectivity index (χ2v) is 3.81. The molecule has 0 saturated carbocycles. The zero-order valence-corrected chi connectivity index (χ0v) is 10.3. The molecule has 0 aliphatic heterocycles. The number of amides is 1. The van der Waals surface area contributed by atoms with Crippen molar-refractivity contribution < 1.29 is 22.4 Å². The minimum absolute atomic E-state index is 0.125. The van der Waals surface area contributed by atoms with E-state index < -0.39 is 41.7 Å². The Bertz CT molecular complexity index is 476. The number of rotatable bonds is 6. The van der Waals surface area contributed by atoms with Gasteiger partial charge in [-0.25, -0.2) is 17.6 Å². The predicted octanol–water partition coefficient (Wildman–Crippen LogP) is 2.71. The van der Waals surface area contributed by atoms with Gasteiger partial charge in [-0.1, -0.05) is 17.7 Å². The molecule has 0 aliphatic rings. The van der Waals surface area contributed by atoms with Crippen LogP contribution in [0.1, 0.15) is 24.2 Å². The SMILES string of the molecule is C=CCNC(=O)Cn1nc(C(F)F)c(Cl)c1C(F)F. The first-order valence-electron chi connectivity index (χ1n) is 5.08. The normalized spacial score (nSPS) is 11.1. The first-order valence-corrected chi connectivity index (χ1v) is 5.46. The van der Waals surface area contributed by atoms with E-state index in [1.165, 1.54) is 6.08 Å². The Morgan fingerprint density at radius 1 is 1.42 bits per heavy atom. The molecule has 1 N–H and O–H groups in total. The van der Waals surface area contributed by atoms with Crippen molar-refractivity contribution in [2.75, 3.05) is 6.54 Å². The smallest absolute Gasteiger partial charge is 0.283 e. The van der Waals surface area contributed by atoms with Crippen LogP contribution in [0.4, 0.5) is 17.6 Å². The third kappa shape index (κ3) is 3.69. The molecule has 0 bridgehead atoms. The predicted molar refractivity (Wildman–Crippen MR) is 60.4 cm³/mol. The molecule has 0 radical (unpaired) electrons. The summed E-state index contributed by atoms with van der Waals surface area (Å²) in [5.41, 5.74) is -1.86. The summed E-state index contributed by atoms with van der Waals surface area (Å²) in [4.78, 5) is 11.3. The van der Waals surface area contributed by atoms with Gasteiger partial charge in [0, 0.05) is 6.54 Å². The van der Waals surface area contributed by atoms with Gasteiger partial charge in [-0.3, -0.25) is 9.48 Å². The second-order valence-electron chi connectivity index (χ2n) is 3.44. The summed E-state index contributed by atoms with van der Waals surface area (Å²) >= 11 is 5.42. The van der Waals surface area contributed by atoms with E-state index in [4.69, 9.17) is 11.6 Å². The van der Waals surface area contributed by atoms with E-state index in [0.717, 1.165) is 0 Å². The van der Waals surface area contributed by atoms with E-state index in [2.05, 4.69) is 17.0 Å². The fourth-order valence-electron chi connectivity index (χ4n) is 1.32. The third-order valence-corrected chi connectivity index (χ3v) is 2.49. The van der Waals surface area contributed by atoms with Crippen LogP contribution >= 0.6 is 11.6 Å². The Hall–Kier alpha value is -1.57. The number of carbonyl (C=O) groups excluding carboxylic acids is 1. The molecular weight excluding hydrogens is 290 g/mol. The summed E-state index contributed by atoms with van der Waals surface area (Å²) in [6.07, 6.45) is -4.82. The molecule has 0 fully saturated rings. The number of halogens is 5. The zero-order chi connectivity index (χ0) is 14.6. The molecule has 1 aromatic rings. The number of aromatic nitrogens is 2. The van der Waals surface area contributed by atoms with Crippen molar-refractivity contribution in [3.63, 3.8) is 0 Å². The molecule has 0 spiro atoms. The Labute approximate surface area is 111 Å². The summed E-state index contributed by atoms with van der Waals surface area (Å²) in [5.74, 6) is -0.665. The number of nitrogens with one attached hydrogen (secondary N) is 1. The third-order valence-electron chi connectivity index (χ3n) is 2.11. The van der Waals surface area contributed by atoms with Crippen molar-refractivity contribution in [2.45, 2.75) is 19.4 Å². The standard InChI is InChI=1S/C10H10ClF4N3O/c1-2-3-16-5(19)4-18-8(10(14)15)6(11)7(17-18)9(12)13/h2,9-10H,1,3-4H2,(H,16,19). The number of nitrogens with zero attached hydrogens (tertiary/aromatic N) is 2. The average molecular weight is 300 g/mol. The van der Waals surface area contributed by atoms with Crippen LogP contribution < -0.4 is 5.32 Å². The average Bonchev–Trinajstić information content (AvgIpc) is 2.63. The van der Waals surface area contributed by atoms with Gasteiger partial charge < -0.3 is 5.32 Å². The van der Waals surface area contributed by atoms with E-state index in [0.29, 0.717) is 4.68 Å². The highest BCUT2D eigenvalue weighted by Gasteiger charge is 2.28. The van der Waals surface area contributed by atoms with Crippen LogP contribution in [0.3, 0.4) is 0 Å². The number of carbonyl (C=O) groups is 1. The van der Waals surface area contributed by atoms with Crippen molar-refractivity contribution in [1.82, 2.24) is 15.1 Å². The summed E-state index contributed by atoms with van der Waals surface area (Å²) in [6, 6.07) is 0. The molecule has 0 aromatic carbocycles. The highest BCUT2D eigenvalue weighted by molar-refractivity contribution is 6.32. The van der Waals surface area contributed by atoms with Crippen LogP contribution in [0.15, 0.2) is 12.7 Å². The van der Waals surface area contributed by atoms with Crippen LogP contribution in [-0.4, -0.2) is 22.2 Å². The fraction of sp³-hybridized carbons (Fsp3) is 0.400. The minimum atomic E-state index is -3.11. The van der Waals surface area contributed by atoms with E-state index in [9.17, 15) is 22.4 Å². The molecule has 1 rings (SSSR count). The molecule has 19 heavy (non-hydrogen) atoms. The van der Waals surface area contributed by atoms with Gasteiger partial charge in [-0.2, -0.15) is 5.10 Å². The highest BCUT2D eigenvalue weighted by atomic mass is 35.5. The Morgan fingerprint density at radius 3 is 2.53 bits per heavy atom. The quantitative estimate of drug-likeness (QED) is 0.648. The molecule has 0 aliphatic carbocycles. The molecular formula is C10H10ClF4N3O. The second kappa shape index (κ2) is 6.55. The van der Waals surface area contributed by atoms with Gasteiger partial charge in [0.25, 0.3) is 12.9 Å². The molecule has 0 saturated heterocycles. The maximum absolute atomic E-state index is 12.7. The molecule has 1 aromatic heterocycles. The number of hydrogen-bond acceptors (Lipinski definition) is 2. The summed E-state index contributed by atoms with van der Waals surface area (Å²) < 4.78 is 50.9. The van der Waals surface area contributed by atoms with Gasteiger partial charge in [0.2, 0.25) is 5.91 Å². The van der Waals surface area contributed by atoms with Crippen molar-refractivity contribution >= 4 is 17.5 Å². The summed E-state index contributed by atoms with van der Waals surface area (Å²) in [7, 11) is 0. The monoisotopic (exact) mass is 299 g/mol. The van der Waals surface area contributed by atoms with Gasteiger partial charge >= 0.3 is 0 Å². The summed E-state index contributed by atoms with van der Waals surface area (Å²) in [6.45, 7) is 2.85. The summed E-state index contributed by atoms with van der Waals surface area (Å²) in [5, 5.41) is 4.74. The fourth-order valence-corrected chi connectivity index (χ4v) is 1.62. The largest absolute Gasteiger partial charge is 0.351 e. The van der Waals surface area contributed by atoms with Crippen LogP contribution in [0.5, 0.6) is 0 Å². The van der Waals surface area contributed by atoms with Crippen molar-refractivity contribution in [1.29, 1.82) is 0 Å². The number of alkyl halides is 4. The van der Waals surface area contributed by atoms with Crippen LogP contribution in [0.25, 0.3) is 0 Å². The van der Waals surface area contributed by atoms with E-state index in [-0.39, 0.29) is 6.54 Å². The Kier molecular flexibility index (Phi) is 5.34. The van der Waals surface area contributed by atoms with Crippen molar-refractivity contribution in [3.8, 4) is 0 Å².